The quantitative estimate of drug-likeness (QED) is 0.887. The van der Waals surface area contributed by atoms with Gasteiger partial charge in [0.2, 0.25) is 5.91 Å². The second kappa shape index (κ2) is 6.51. The topological polar surface area (TPSA) is 79.2 Å². The number of benzene rings is 1. The fourth-order valence-corrected chi connectivity index (χ4v) is 1.98. The molecule has 7 heteroatoms. The van der Waals surface area contributed by atoms with E-state index < -0.39 is 5.97 Å². The number of carboxylic acid groups (broad SMARTS) is 1. The molecule has 0 unspecified atom stereocenters. The van der Waals surface area contributed by atoms with E-state index in [0.717, 1.165) is 9.48 Å². The highest BCUT2D eigenvalue weighted by molar-refractivity contribution is 9.10. The number of carboxylic acids is 1. The van der Waals surface area contributed by atoms with Crippen LogP contribution in [-0.2, 0) is 9.59 Å². The number of aliphatic carboxylic acids is 1. The molecule has 1 aromatic carbocycles. The van der Waals surface area contributed by atoms with Crippen LogP contribution in [0.5, 0.6) is 5.75 Å². The number of hydrogen-bond donors (Lipinski definition) is 1. The van der Waals surface area contributed by atoms with Crippen molar-refractivity contribution in [2.45, 2.75) is 12.8 Å². The summed E-state index contributed by atoms with van der Waals surface area (Å²) in [5.74, 6) is -0.592. The highest BCUT2D eigenvalue weighted by Crippen LogP contribution is 2.16. The first kappa shape index (κ1) is 14.5. The van der Waals surface area contributed by atoms with E-state index in [1.165, 1.54) is 0 Å². The van der Waals surface area contributed by atoms with E-state index in [0.29, 0.717) is 5.75 Å². The van der Waals surface area contributed by atoms with Crippen LogP contribution in [0.3, 0.4) is 0 Å². The summed E-state index contributed by atoms with van der Waals surface area (Å²) in [4.78, 5) is 22.4. The van der Waals surface area contributed by atoms with Crippen LogP contribution in [0.2, 0.25) is 0 Å². The smallest absolute Gasteiger partial charge is 0.352 e. The maximum atomic E-state index is 11.6. The monoisotopic (exact) mass is 340 g/mol. The van der Waals surface area contributed by atoms with E-state index in [9.17, 15) is 9.59 Å². The summed E-state index contributed by atoms with van der Waals surface area (Å²) in [6, 6.07) is 7.30. The highest BCUT2D eigenvalue weighted by atomic mass is 79.9. The maximum Gasteiger partial charge on any atom is 0.352 e. The molecule has 0 aromatic heterocycles. The molecule has 0 bridgehead atoms. The third-order valence-electron chi connectivity index (χ3n) is 2.74. The molecule has 0 saturated carbocycles. The van der Waals surface area contributed by atoms with Crippen molar-refractivity contribution in [1.29, 1.82) is 0 Å². The minimum Gasteiger partial charge on any atom is -0.492 e. The van der Waals surface area contributed by atoms with Crippen LogP contribution in [0.4, 0.5) is 0 Å². The van der Waals surface area contributed by atoms with Crippen molar-refractivity contribution in [2.75, 3.05) is 13.2 Å². The molecule has 0 fully saturated rings. The Morgan fingerprint density at radius 2 is 2.05 bits per heavy atom. The van der Waals surface area contributed by atoms with Crippen LogP contribution < -0.4 is 4.74 Å². The zero-order valence-electron chi connectivity index (χ0n) is 10.6. The molecule has 6 nitrogen and oxygen atoms in total. The number of carbonyl (C=O) groups excluding carboxylic acids is 1. The summed E-state index contributed by atoms with van der Waals surface area (Å²) in [6.45, 7) is 0.482. The Morgan fingerprint density at radius 1 is 1.35 bits per heavy atom. The first-order chi connectivity index (χ1) is 9.56. The average molecular weight is 341 g/mol. The van der Waals surface area contributed by atoms with E-state index in [1.54, 1.807) is 12.1 Å². The molecule has 0 spiro atoms. The molecule has 1 N–H and O–H groups in total. The van der Waals surface area contributed by atoms with Gasteiger partial charge >= 0.3 is 5.97 Å². The molecule has 1 aliphatic heterocycles. The largest absolute Gasteiger partial charge is 0.492 e. The molecule has 20 heavy (non-hydrogen) atoms. The van der Waals surface area contributed by atoms with E-state index in [1.807, 2.05) is 12.1 Å². The van der Waals surface area contributed by atoms with Crippen LogP contribution in [-0.4, -0.2) is 40.9 Å². The Labute approximate surface area is 124 Å². The van der Waals surface area contributed by atoms with Crippen molar-refractivity contribution in [2.24, 2.45) is 5.10 Å². The van der Waals surface area contributed by atoms with Crippen molar-refractivity contribution in [3.8, 4) is 5.75 Å². The molecule has 1 amide bonds. The zero-order valence-corrected chi connectivity index (χ0v) is 12.2. The van der Waals surface area contributed by atoms with Crippen LogP contribution in [0.1, 0.15) is 12.8 Å². The third-order valence-corrected chi connectivity index (χ3v) is 3.27. The summed E-state index contributed by atoms with van der Waals surface area (Å²) in [7, 11) is 0. The van der Waals surface area contributed by atoms with Crippen molar-refractivity contribution >= 4 is 33.5 Å². The van der Waals surface area contributed by atoms with E-state index in [-0.39, 0.29) is 37.6 Å². The minimum absolute atomic E-state index is 0.00763. The van der Waals surface area contributed by atoms with Crippen molar-refractivity contribution in [3.05, 3.63) is 28.7 Å². The molecule has 0 aliphatic carbocycles. The summed E-state index contributed by atoms with van der Waals surface area (Å²) >= 11 is 3.32. The number of hydrogen-bond acceptors (Lipinski definition) is 4. The van der Waals surface area contributed by atoms with Gasteiger partial charge in [-0.15, -0.1) is 0 Å². The van der Waals surface area contributed by atoms with Crippen molar-refractivity contribution < 1.29 is 19.4 Å². The summed E-state index contributed by atoms with van der Waals surface area (Å²) in [5.41, 5.74) is 0.00763. The average Bonchev–Trinajstić information content (AvgIpc) is 2.43. The Balaban J connectivity index is 1.89. The van der Waals surface area contributed by atoms with Gasteiger partial charge in [-0.25, -0.2) is 9.80 Å². The molecular formula is C13H13BrN2O4. The molecule has 1 aliphatic rings. The second-order valence-corrected chi connectivity index (χ2v) is 5.09. The lowest BCUT2D eigenvalue weighted by Gasteiger charge is -2.22. The van der Waals surface area contributed by atoms with E-state index in [4.69, 9.17) is 9.84 Å². The SMILES string of the molecule is O=C(O)C1=NN(CCOc2ccc(Br)cc2)C(=O)CC1. The van der Waals surface area contributed by atoms with E-state index in [2.05, 4.69) is 21.0 Å². The lowest BCUT2D eigenvalue weighted by atomic mass is 10.2. The lowest BCUT2D eigenvalue weighted by molar-refractivity contribution is -0.133. The number of ether oxygens (including phenoxy) is 1. The number of nitrogens with zero attached hydrogens (tertiary/aromatic N) is 2. The Bertz CT molecular complexity index is 542. The summed E-state index contributed by atoms with van der Waals surface area (Å²) in [6.07, 6.45) is 0.349. The van der Waals surface area contributed by atoms with Crippen LogP contribution in [0.15, 0.2) is 33.8 Å². The molecule has 106 valence electrons. The molecule has 1 heterocycles. The van der Waals surface area contributed by atoms with Crippen molar-refractivity contribution in [3.63, 3.8) is 0 Å². The zero-order chi connectivity index (χ0) is 14.5. The predicted octanol–water partition coefficient (Wildman–Crippen LogP) is 1.89. The van der Waals surface area contributed by atoms with Crippen LogP contribution in [0, 0.1) is 0 Å². The van der Waals surface area contributed by atoms with Gasteiger partial charge in [-0.05, 0) is 24.3 Å². The fourth-order valence-electron chi connectivity index (χ4n) is 1.71. The number of amides is 1. The lowest BCUT2D eigenvalue weighted by Crippen LogP contribution is -2.36. The normalized spacial score (nSPS) is 14.9. The Kier molecular flexibility index (Phi) is 4.73. The number of halogens is 1. The van der Waals surface area contributed by atoms with Gasteiger partial charge in [0, 0.05) is 17.3 Å². The standard InChI is InChI=1S/C13H13BrN2O4/c14-9-1-3-10(4-2-9)20-8-7-16-12(17)6-5-11(15-16)13(18)19/h1-4H,5-8H2,(H,18,19). The number of hydrazone groups is 1. The molecular weight excluding hydrogens is 328 g/mol. The Morgan fingerprint density at radius 3 is 2.70 bits per heavy atom. The molecule has 0 saturated heterocycles. The van der Waals surface area contributed by atoms with Crippen LogP contribution in [0.25, 0.3) is 0 Å². The third kappa shape index (κ3) is 3.80. The van der Waals surface area contributed by atoms with Gasteiger partial charge in [0.1, 0.15) is 18.1 Å². The van der Waals surface area contributed by atoms with Gasteiger partial charge in [0.15, 0.2) is 0 Å². The molecule has 1 aromatic rings. The van der Waals surface area contributed by atoms with Gasteiger partial charge in [-0.2, -0.15) is 5.10 Å². The Hall–Kier alpha value is -1.89. The minimum atomic E-state index is -1.09. The van der Waals surface area contributed by atoms with Crippen LogP contribution >= 0.6 is 15.9 Å². The van der Waals surface area contributed by atoms with Gasteiger partial charge < -0.3 is 9.84 Å². The summed E-state index contributed by atoms with van der Waals surface area (Å²) in [5, 5.41) is 13.8. The predicted molar refractivity (Wildman–Crippen MR) is 75.7 cm³/mol. The molecule has 2 rings (SSSR count). The summed E-state index contributed by atoms with van der Waals surface area (Å²) < 4.78 is 6.43. The second-order valence-electron chi connectivity index (χ2n) is 4.17. The fraction of sp³-hybridized carbons (Fsp3) is 0.308. The number of rotatable bonds is 5. The van der Waals surface area contributed by atoms with E-state index >= 15 is 0 Å². The van der Waals surface area contributed by atoms with Gasteiger partial charge in [-0.1, -0.05) is 15.9 Å². The molecule has 0 atom stereocenters. The van der Waals surface area contributed by atoms with Gasteiger partial charge in [0.05, 0.1) is 6.54 Å². The first-order valence-corrected chi connectivity index (χ1v) is 6.85. The van der Waals surface area contributed by atoms with Crippen molar-refractivity contribution in [1.82, 2.24) is 5.01 Å². The number of carbonyl (C=O) groups is 2. The first-order valence-electron chi connectivity index (χ1n) is 6.06. The van der Waals surface area contributed by atoms with Gasteiger partial charge in [0.25, 0.3) is 0 Å². The maximum absolute atomic E-state index is 11.6. The van der Waals surface area contributed by atoms with Gasteiger partial charge in [-0.3, -0.25) is 4.79 Å². The highest BCUT2D eigenvalue weighted by Gasteiger charge is 2.23. The molecule has 0 radical (unpaired) electrons.